The SMILES string of the molecule is CC(Cn1cccn1)NC(=O)CN1CCC(N)CC1. The molecule has 0 aromatic carbocycles. The van der Waals surface area contributed by atoms with Gasteiger partial charge >= 0.3 is 0 Å². The van der Waals surface area contributed by atoms with Gasteiger partial charge in [0, 0.05) is 37.6 Å². The van der Waals surface area contributed by atoms with Crippen molar-refractivity contribution >= 4 is 5.91 Å². The number of nitrogens with zero attached hydrogens (tertiary/aromatic N) is 3. The third kappa shape index (κ3) is 4.65. The Balaban J connectivity index is 1.69. The summed E-state index contributed by atoms with van der Waals surface area (Å²) in [4.78, 5) is 14.1. The number of piperidine rings is 1. The van der Waals surface area contributed by atoms with Crippen LogP contribution in [0.4, 0.5) is 0 Å². The molecule has 2 heterocycles. The standard InChI is InChI=1S/C13H23N5O/c1-11(9-18-6-2-5-15-18)16-13(19)10-17-7-3-12(14)4-8-17/h2,5-6,11-12H,3-4,7-10,14H2,1H3,(H,16,19). The number of carbonyl (C=O) groups is 1. The van der Waals surface area contributed by atoms with E-state index in [1.54, 1.807) is 6.20 Å². The number of amides is 1. The molecule has 1 fully saturated rings. The molecule has 3 N–H and O–H groups in total. The summed E-state index contributed by atoms with van der Waals surface area (Å²) in [5.74, 6) is 0.0788. The van der Waals surface area contributed by atoms with Crippen molar-refractivity contribution in [2.45, 2.75) is 38.4 Å². The lowest BCUT2D eigenvalue weighted by atomic mass is 10.1. The van der Waals surface area contributed by atoms with E-state index in [-0.39, 0.29) is 11.9 Å². The van der Waals surface area contributed by atoms with E-state index in [4.69, 9.17) is 5.73 Å². The first-order valence-corrected chi connectivity index (χ1v) is 6.88. The Morgan fingerprint density at radius 1 is 1.53 bits per heavy atom. The van der Waals surface area contributed by atoms with E-state index in [0.717, 1.165) is 25.9 Å². The largest absolute Gasteiger partial charge is 0.351 e. The van der Waals surface area contributed by atoms with Crippen molar-refractivity contribution in [2.24, 2.45) is 5.73 Å². The van der Waals surface area contributed by atoms with E-state index in [2.05, 4.69) is 15.3 Å². The molecular formula is C13H23N5O. The van der Waals surface area contributed by atoms with Crippen LogP contribution in [0.25, 0.3) is 0 Å². The second-order valence-electron chi connectivity index (χ2n) is 5.31. The van der Waals surface area contributed by atoms with Crippen molar-refractivity contribution in [3.05, 3.63) is 18.5 Å². The Morgan fingerprint density at radius 3 is 2.89 bits per heavy atom. The van der Waals surface area contributed by atoms with Crippen LogP contribution in [-0.2, 0) is 11.3 Å². The minimum atomic E-state index is 0.0788. The fourth-order valence-electron chi connectivity index (χ4n) is 2.37. The zero-order chi connectivity index (χ0) is 13.7. The average molecular weight is 265 g/mol. The topological polar surface area (TPSA) is 76.2 Å². The molecule has 0 aliphatic carbocycles. The molecule has 1 atom stereocenters. The fraction of sp³-hybridized carbons (Fsp3) is 0.692. The zero-order valence-electron chi connectivity index (χ0n) is 11.5. The Hall–Kier alpha value is -1.40. The predicted octanol–water partition coefficient (Wildman–Crippen LogP) is -0.189. The monoisotopic (exact) mass is 265 g/mol. The maximum absolute atomic E-state index is 11.9. The van der Waals surface area contributed by atoms with Gasteiger partial charge in [-0.1, -0.05) is 0 Å². The molecule has 0 bridgehead atoms. The molecule has 0 spiro atoms. The van der Waals surface area contributed by atoms with Crippen LogP contribution in [0.3, 0.4) is 0 Å². The van der Waals surface area contributed by atoms with Crippen LogP contribution >= 0.6 is 0 Å². The van der Waals surface area contributed by atoms with Gasteiger partial charge in [-0.25, -0.2) is 0 Å². The van der Waals surface area contributed by atoms with Gasteiger partial charge in [0.05, 0.1) is 13.1 Å². The van der Waals surface area contributed by atoms with Gasteiger partial charge in [0.2, 0.25) is 5.91 Å². The first-order chi connectivity index (χ1) is 9.13. The molecule has 2 rings (SSSR count). The highest BCUT2D eigenvalue weighted by atomic mass is 16.2. The molecule has 0 radical (unpaired) electrons. The van der Waals surface area contributed by atoms with Gasteiger partial charge in [-0.3, -0.25) is 14.4 Å². The van der Waals surface area contributed by atoms with Crippen LogP contribution in [0.5, 0.6) is 0 Å². The van der Waals surface area contributed by atoms with Crippen LogP contribution in [0.15, 0.2) is 18.5 Å². The van der Waals surface area contributed by atoms with Gasteiger partial charge in [0.1, 0.15) is 0 Å². The number of nitrogens with two attached hydrogens (primary N) is 1. The minimum Gasteiger partial charge on any atom is -0.351 e. The van der Waals surface area contributed by atoms with Crippen molar-refractivity contribution in [2.75, 3.05) is 19.6 Å². The lowest BCUT2D eigenvalue weighted by molar-refractivity contribution is -0.123. The Morgan fingerprint density at radius 2 is 2.26 bits per heavy atom. The molecule has 0 saturated carbocycles. The van der Waals surface area contributed by atoms with Gasteiger partial charge in [0.15, 0.2) is 0 Å². The van der Waals surface area contributed by atoms with Gasteiger partial charge < -0.3 is 11.1 Å². The van der Waals surface area contributed by atoms with E-state index in [1.807, 2.05) is 23.9 Å². The molecule has 1 aliphatic heterocycles. The minimum absolute atomic E-state index is 0.0788. The van der Waals surface area contributed by atoms with E-state index in [0.29, 0.717) is 19.1 Å². The number of hydrogen-bond acceptors (Lipinski definition) is 4. The van der Waals surface area contributed by atoms with E-state index >= 15 is 0 Å². The highest BCUT2D eigenvalue weighted by molar-refractivity contribution is 5.78. The van der Waals surface area contributed by atoms with Crippen LogP contribution in [0, 0.1) is 0 Å². The van der Waals surface area contributed by atoms with E-state index in [1.165, 1.54) is 0 Å². The normalized spacial score (nSPS) is 19.3. The van der Waals surface area contributed by atoms with Gasteiger partial charge in [-0.2, -0.15) is 5.10 Å². The van der Waals surface area contributed by atoms with Gasteiger partial charge in [-0.05, 0) is 25.8 Å². The Kier molecular flexibility index (Phi) is 4.93. The smallest absolute Gasteiger partial charge is 0.234 e. The zero-order valence-corrected chi connectivity index (χ0v) is 11.5. The summed E-state index contributed by atoms with van der Waals surface area (Å²) in [7, 11) is 0. The molecule has 1 amide bonds. The van der Waals surface area contributed by atoms with Crippen molar-refractivity contribution in [3.8, 4) is 0 Å². The lowest BCUT2D eigenvalue weighted by Gasteiger charge is -2.29. The molecule has 1 unspecified atom stereocenters. The first kappa shape index (κ1) is 14.0. The van der Waals surface area contributed by atoms with Crippen LogP contribution in [0.2, 0.25) is 0 Å². The maximum Gasteiger partial charge on any atom is 0.234 e. The van der Waals surface area contributed by atoms with E-state index in [9.17, 15) is 4.79 Å². The predicted molar refractivity (Wildman–Crippen MR) is 73.5 cm³/mol. The number of aromatic nitrogens is 2. The van der Waals surface area contributed by atoms with Crippen LogP contribution in [-0.4, -0.2) is 52.3 Å². The highest BCUT2D eigenvalue weighted by Gasteiger charge is 2.18. The number of rotatable bonds is 5. The summed E-state index contributed by atoms with van der Waals surface area (Å²) in [6, 6.07) is 2.27. The van der Waals surface area contributed by atoms with Crippen LogP contribution < -0.4 is 11.1 Å². The second kappa shape index (κ2) is 6.68. The third-order valence-corrected chi connectivity index (χ3v) is 3.43. The average Bonchev–Trinajstić information content (AvgIpc) is 2.84. The summed E-state index contributed by atoms with van der Waals surface area (Å²) in [6.45, 7) is 5.00. The fourth-order valence-corrected chi connectivity index (χ4v) is 2.37. The molecule has 1 saturated heterocycles. The summed E-state index contributed by atoms with van der Waals surface area (Å²) in [5, 5.41) is 7.13. The number of carbonyl (C=O) groups excluding carboxylic acids is 1. The lowest BCUT2D eigenvalue weighted by Crippen LogP contribution is -2.46. The molecule has 1 aromatic rings. The number of nitrogens with one attached hydrogen (secondary N) is 1. The molecule has 106 valence electrons. The summed E-state index contributed by atoms with van der Waals surface area (Å²) in [6.07, 6.45) is 5.60. The van der Waals surface area contributed by atoms with Gasteiger partial charge in [0.25, 0.3) is 0 Å². The summed E-state index contributed by atoms with van der Waals surface area (Å²) >= 11 is 0. The van der Waals surface area contributed by atoms with Crippen molar-refractivity contribution < 1.29 is 4.79 Å². The van der Waals surface area contributed by atoms with Crippen molar-refractivity contribution in [1.29, 1.82) is 0 Å². The Bertz CT molecular complexity index is 384. The van der Waals surface area contributed by atoms with Gasteiger partial charge in [-0.15, -0.1) is 0 Å². The molecule has 19 heavy (non-hydrogen) atoms. The number of hydrogen-bond donors (Lipinski definition) is 2. The molecule has 6 heteroatoms. The third-order valence-electron chi connectivity index (χ3n) is 3.43. The van der Waals surface area contributed by atoms with Crippen molar-refractivity contribution in [3.63, 3.8) is 0 Å². The number of likely N-dealkylation sites (tertiary alicyclic amines) is 1. The maximum atomic E-state index is 11.9. The quantitative estimate of drug-likeness (QED) is 0.774. The summed E-state index contributed by atoms with van der Waals surface area (Å²) < 4.78 is 1.82. The molecule has 6 nitrogen and oxygen atoms in total. The molecular weight excluding hydrogens is 242 g/mol. The van der Waals surface area contributed by atoms with E-state index < -0.39 is 0 Å². The van der Waals surface area contributed by atoms with Crippen molar-refractivity contribution in [1.82, 2.24) is 20.0 Å². The first-order valence-electron chi connectivity index (χ1n) is 6.88. The Labute approximate surface area is 113 Å². The molecule has 1 aliphatic rings. The molecule has 1 aromatic heterocycles. The summed E-state index contributed by atoms with van der Waals surface area (Å²) in [5.41, 5.74) is 5.85. The second-order valence-corrected chi connectivity index (χ2v) is 5.31. The highest BCUT2D eigenvalue weighted by Crippen LogP contribution is 2.07. The van der Waals surface area contributed by atoms with Crippen LogP contribution in [0.1, 0.15) is 19.8 Å².